The van der Waals surface area contributed by atoms with Crippen LogP contribution in [0.5, 0.6) is 11.5 Å². The third-order valence-corrected chi connectivity index (χ3v) is 2.55. The number of anilines is 1. The highest BCUT2D eigenvalue weighted by molar-refractivity contribution is 5.92. The summed E-state index contributed by atoms with van der Waals surface area (Å²) >= 11 is 0. The van der Waals surface area contributed by atoms with Gasteiger partial charge in [-0.05, 0) is 12.1 Å². The van der Waals surface area contributed by atoms with Crippen molar-refractivity contribution in [2.75, 3.05) is 18.4 Å². The summed E-state index contributed by atoms with van der Waals surface area (Å²) in [5, 5.41) is 4.50. The first kappa shape index (κ1) is 15.4. The van der Waals surface area contributed by atoms with E-state index in [9.17, 15) is 18.0 Å². The number of hydrogen-bond acceptors (Lipinski definition) is 4. The Balaban J connectivity index is 1.88. The molecule has 0 saturated carbocycles. The van der Waals surface area contributed by atoms with Crippen LogP contribution >= 0.6 is 0 Å². The predicted octanol–water partition coefficient (Wildman–Crippen LogP) is 2.28. The van der Waals surface area contributed by atoms with Crippen LogP contribution in [0.4, 0.5) is 18.9 Å². The molecule has 5 nitrogen and oxygen atoms in total. The molecule has 1 aliphatic rings. The van der Waals surface area contributed by atoms with Crippen LogP contribution in [0.1, 0.15) is 13.8 Å². The minimum atomic E-state index is -4.34. The summed E-state index contributed by atoms with van der Waals surface area (Å²) in [6.07, 6.45) is -4.34. The molecule has 1 amide bonds. The van der Waals surface area contributed by atoms with Crippen LogP contribution in [0, 0.1) is 0 Å². The average molecular weight is 304 g/mol. The SMILES string of the molecule is CC1(C)Oc2ccc(NC(=O)CNCC(F)(F)F)cc2O1. The van der Waals surface area contributed by atoms with Gasteiger partial charge in [-0.3, -0.25) is 4.79 Å². The number of fused-ring (bicyclic) bond motifs is 1. The van der Waals surface area contributed by atoms with E-state index in [0.29, 0.717) is 17.2 Å². The number of hydrogen-bond donors (Lipinski definition) is 2. The van der Waals surface area contributed by atoms with E-state index in [1.54, 1.807) is 32.0 Å². The van der Waals surface area contributed by atoms with E-state index in [1.165, 1.54) is 0 Å². The molecule has 0 spiro atoms. The van der Waals surface area contributed by atoms with Crippen molar-refractivity contribution in [1.82, 2.24) is 5.32 Å². The Morgan fingerprint density at radius 3 is 2.57 bits per heavy atom. The van der Waals surface area contributed by atoms with Crippen LogP contribution in [0.2, 0.25) is 0 Å². The second-order valence-electron chi connectivity index (χ2n) is 5.03. The highest BCUT2D eigenvalue weighted by atomic mass is 19.4. The number of carbonyl (C=O) groups is 1. The van der Waals surface area contributed by atoms with Gasteiger partial charge in [0.15, 0.2) is 11.5 Å². The second kappa shape index (κ2) is 5.44. The standard InChI is InChI=1S/C13H15F3N2O3/c1-12(2)20-9-4-3-8(5-10(9)21-12)18-11(19)6-17-7-13(14,15)16/h3-5,17H,6-7H2,1-2H3,(H,18,19). The number of rotatable bonds is 4. The van der Waals surface area contributed by atoms with Crippen molar-refractivity contribution in [2.45, 2.75) is 25.8 Å². The molecule has 0 atom stereocenters. The lowest BCUT2D eigenvalue weighted by Crippen LogP contribution is -2.35. The van der Waals surface area contributed by atoms with E-state index >= 15 is 0 Å². The summed E-state index contributed by atoms with van der Waals surface area (Å²) < 4.78 is 46.8. The van der Waals surface area contributed by atoms with Gasteiger partial charge in [-0.1, -0.05) is 0 Å². The fraction of sp³-hybridized carbons (Fsp3) is 0.462. The summed E-state index contributed by atoms with van der Waals surface area (Å²) in [4.78, 5) is 11.5. The molecular formula is C13H15F3N2O3. The maximum absolute atomic E-state index is 11.9. The van der Waals surface area contributed by atoms with Gasteiger partial charge in [0.2, 0.25) is 11.7 Å². The molecule has 8 heteroatoms. The Morgan fingerprint density at radius 1 is 1.24 bits per heavy atom. The van der Waals surface area contributed by atoms with Crippen LogP contribution in [0.25, 0.3) is 0 Å². The van der Waals surface area contributed by atoms with E-state index in [4.69, 9.17) is 9.47 Å². The Labute approximate surface area is 119 Å². The van der Waals surface area contributed by atoms with Gasteiger partial charge < -0.3 is 20.1 Å². The zero-order chi connectivity index (χ0) is 15.7. The minimum Gasteiger partial charge on any atom is -0.449 e. The molecule has 2 N–H and O–H groups in total. The summed E-state index contributed by atoms with van der Waals surface area (Å²) in [5.41, 5.74) is 0.425. The molecule has 1 aromatic rings. The molecule has 1 aromatic carbocycles. The van der Waals surface area contributed by atoms with Gasteiger partial charge in [0, 0.05) is 25.6 Å². The van der Waals surface area contributed by atoms with Crippen molar-refractivity contribution >= 4 is 11.6 Å². The fourth-order valence-electron chi connectivity index (χ4n) is 1.82. The highest BCUT2D eigenvalue weighted by Gasteiger charge is 2.31. The van der Waals surface area contributed by atoms with Crippen molar-refractivity contribution in [3.63, 3.8) is 0 Å². The summed E-state index contributed by atoms with van der Waals surface area (Å²) in [7, 11) is 0. The quantitative estimate of drug-likeness (QED) is 0.896. The van der Waals surface area contributed by atoms with Crippen LogP contribution in [0.3, 0.4) is 0 Å². The molecule has 1 aliphatic heterocycles. The first-order valence-corrected chi connectivity index (χ1v) is 6.24. The zero-order valence-electron chi connectivity index (χ0n) is 11.5. The molecular weight excluding hydrogens is 289 g/mol. The third kappa shape index (κ3) is 4.52. The molecule has 21 heavy (non-hydrogen) atoms. The molecule has 0 bridgehead atoms. The van der Waals surface area contributed by atoms with E-state index in [-0.39, 0.29) is 0 Å². The van der Waals surface area contributed by atoms with Gasteiger partial charge >= 0.3 is 6.18 Å². The fourth-order valence-corrected chi connectivity index (χ4v) is 1.82. The molecule has 2 rings (SSSR count). The van der Waals surface area contributed by atoms with Crippen LogP contribution in [0.15, 0.2) is 18.2 Å². The number of alkyl halides is 3. The largest absolute Gasteiger partial charge is 0.449 e. The van der Waals surface area contributed by atoms with Gasteiger partial charge in [0.25, 0.3) is 0 Å². The van der Waals surface area contributed by atoms with E-state index in [0.717, 1.165) is 0 Å². The Bertz CT molecular complexity index is 544. The molecule has 0 unspecified atom stereocenters. The van der Waals surface area contributed by atoms with Crippen LogP contribution in [-0.2, 0) is 4.79 Å². The second-order valence-corrected chi connectivity index (χ2v) is 5.03. The topological polar surface area (TPSA) is 59.6 Å². The molecule has 1 heterocycles. The van der Waals surface area contributed by atoms with Gasteiger partial charge in [0.1, 0.15) is 0 Å². The molecule has 116 valence electrons. The molecule has 0 radical (unpaired) electrons. The highest BCUT2D eigenvalue weighted by Crippen LogP contribution is 2.40. The minimum absolute atomic E-state index is 0.425. The van der Waals surface area contributed by atoms with Crippen molar-refractivity contribution in [3.8, 4) is 11.5 Å². The predicted molar refractivity (Wildman–Crippen MR) is 69.3 cm³/mol. The van der Waals surface area contributed by atoms with Gasteiger partial charge in [0.05, 0.1) is 13.1 Å². The molecule has 0 saturated heterocycles. The lowest BCUT2D eigenvalue weighted by atomic mass is 10.3. The van der Waals surface area contributed by atoms with Crippen molar-refractivity contribution < 1.29 is 27.4 Å². The van der Waals surface area contributed by atoms with Crippen molar-refractivity contribution in [1.29, 1.82) is 0 Å². The van der Waals surface area contributed by atoms with Crippen LogP contribution < -0.4 is 20.1 Å². The molecule has 0 aliphatic carbocycles. The number of benzene rings is 1. The summed E-state index contributed by atoms with van der Waals surface area (Å²) in [5.74, 6) is -0.328. The van der Waals surface area contributed by atoms with Crippen LogP contribution in [-0.4, -0.2) is 31.0 Å². The Kier molecular flexibility index (Phi) is 3.99. The van der Waals surface area contributed by atoms with Gasteiger partial charge in [-0.2, -0.15) is 13.2 Å². The molecule has 0 aromatic heterocycles. The average Bonchev–Trinajstić information content (AvgIpc) is 2.60. The lowest BCUT2D eigenvalue weighted by Gasteiger charge is -2.16. The van der Waals surface area contributed by atoms with Crippen molar-refractivity contribution in [3.05, 3.63) is 18.2 Å². The first-order chi connectivity index (χ1) is 9.65. The van der Waals surface area contributed by atoms with E-state index in [2.05, 4.69) is 5.32 Å². The van der Waals surface area contributed by atoms with Crippen molar-refractivity contribution in [2.24, 2.45) is 0 Å². The lowest BCUT2D eigenvalue weighted by molar-refractivity contribution is -0.126. The van der Waals surface area contributed by atoms with E-state index in [1.807, 2.05) is 5.32 Å². The first-order valence-electron chi connectivity index (χ1n) is 6.24. The van der Waals surface area contributed by atoms with Gasteiger partial charge in [-0.25, -0.2) is 0 Å². The maximum Gasteiger partial charge on any atom is 0.401 e. The number of nitrogens with one attached hydrogen (secondary N) is 2. The van der Waals surface area contributed by atoms with Gasteiger partial charge in [-0.15, -0.1) is 0 Å². The van der Waals surface area contributed by atoms with E-state index < -0.39 is 31.0 Å². The normalized spacial score (nSPS) is 15.9. The smallest absolute Gasteiger partial charge is 0.401 e. The summed E-state index contributed by atoms with van der Waals surface area (Å²) in [6, 6.07) is 4.78. The number of carbonyl (C=O) groups excluding carboxylic acids is 1. The zero-order valence-corrected chi connectivity index (χ0v) is 11.5. The summed E-state index contributed by atoms with van der Waals surface area (Å²) in [6.45, 7) is 1.84. The Morgan fingerprint density at radius 2 is 1.90 bits per heavy atom. The monoisotopic (exact) mass is 304 g/mol. The Hall–Kier alpha value is -1.96. The number of ether oxygens (including phenoxy) is 2. The number of halogens is 3. The third-order valence-electron chi connectivity index (χ3n) is 2.55. The maximum atomic E-state index is 11.9. The molecule has 0 fully saturated rings. The number of amides is 1.